The van der Waals surface area contributed by atoms with Crippen molar-refractivity contribution in [2.75, 3.05) is 4.72 Å². The molecular formula is C16H15BrN4O2S2. The quantitative estimate of drug-likeness (QED) is 0.568. The topological polar surface area (TPSA) is 87.7 Å². The summed E-state index contributed by atoms with van der Waals surface area (Å²) in [4.78, 5) is 4.32. The Balaban J connectivity index is 1.70. The number of aromatic amines is 1. The molecule has 3 rings (SSSR count). The van der Waals surface area contributed by atoms with Crippen molar-refractivity contribution in [3.63, 3.8) is 0 Å². The standard InChI is InChI=1S/C16H15BrN4O2S2/c1-11-7-8-14(13(17)9-11)25(22,23)21-15-18-16(20-19-15)24-10-12-5-3-2-4-6-12/h2-9H,10H2,1H3,(H2,18,19,20,21). The summed E-state index contributed by atoms with van der Waals surface area (Å²) in [6.07, 6.45) is 0. The number of anilines is 1. The van der Waals surface area contributed by atoms with Gasteiger partial charge in [0.1, 0.15) is 4.90 Å². The smallest absolute Gasteiger partial charge is 0.248 e. The van der Waals surface area contributed by atoms with Crippen LogP contribution in [0.15, 0.2) is 63.1 Å². The van der Waals surface area contributed by atoms with Crippen LogP contribution in [-0.4, -0.2) is 23.6 Å². The van der Waals surface area contributed by atoms with Gasteiger partial charge in [-0.15, -0.1) is 5.10 Å². The Morgan fingerprint density at radius 3 is 2.68 bits per heavy atom. The highest BCUT2D eigenvalue weighted by molar-refractivity contribution is 9.10. The predicted molar refractivity (Wildman–Crippen MR) is 102 cm³/mol. The van der Waals surface area contributed by atoms with Crippen LogP contribution < -0.4 is 4.72 Å². The maximum atomic E-state index is 12.5. The van der Waals surface area contributed by atoms with Gasteiger partial charge in [0.2, 0.25) is 11.1 Å². The van der Waals surface area contributed by atoms with Crippen molar-refractivity contribution < 1.29 is 8.42 Å². The zero-order chi connectivity index (χ0) is 17.9. The van der Waals surface area contributed by atoms with E-state index in [9.17, 15) is 8.42 Å². The lowest BCUT2D eigenvalue weighted by molar-refractivity contribution is 0.600. The number of nitrogens with zero attached hydrogens (tertiary/aromatic N) is 2. The van der Waals surface area contributed by atoms with E-state index >= 15 is 0 Å². The van der Waals surface area contributed by atoms with Crippen molar-refractivity contribution in [3.8, 4) is 0 Å². The highest BCUT2D eigenvalue weighted by Gasteiger charge is 2.19. The first-order valence-electron chi connectivity index (χ1n) is 7.32. The van der Waals surface area contributed by atoms with Gasteiger partial charge in [-0.25, -0.2) is 18.2 Å². The van der Waals surface area contributed by atoms with Crippen molar-refractivity contribution >= 4 is 43.7 Å². The third-order valence-corrected chi connectivity index (χ3v) is 6.52. The Labute approximate surface area is 158 Å². The van der Waals surface area contributed by atoms with Crippen LogP contribution in [0.5, 0.6) is 0 Å². The Morgan fingerprint density at radius 1 is 1.20 bits per heavy atom. The molecule has 130 valence electrons. The van der Waals surface area contributed by atoms with E-state index < -0.39 is 10.0 Å². The maximum Gasteiger partial charge on any atom is 0.265 e. The van der Waals surface area contributed by atoms with Crippen LogP contribution in [0.3, 0.4) is 0 Å². The number of aryl methyl sites for hydroxylation is 1. The van der Waals surface area contributed by atoms with Gasteiger partial charge in [0.25, 0.3) is 10.0 Å². The number of H-pyrrole nitrogens is 1. The van der Waals surface area contributed by atoms with Gasteiger partial charge in [-0.05, 0) is 46.1 Å². The fourth-order valence-corrected chi connectivity index (χ4v) is 4.99. The molecule has 0 amide bonds. The summed E-state index contributed by atoms with van der Waals surface area (Å²) in [6.45, 7) is 1.89. The maximum absolute atomic E-state index is 12.5. The lowest BCUT2D eigenvalue weighted by Crippen LogP contribution is -2.14. The van der Waals surface area contributed by atoms with Crippen molar-refractivity contribution in [2.45, 2.75) is 22.7 Å². The third kappa shape index (κ3) is 4.62. The largest absolute Gasteiger partial charge is 0.265 e. The summed E-state index contributed by atoms with van der Waals surface area (Å²) in [5, 5.41) is 7.12. The number of nitrogens with one attached hydrogen (secondary N) is 2. The van der Waals surface area contributed by atoms with E-state index in [4.69, 9.17) is 0 Å². The summed E-state index contributed by atoms with van der Waals surface area (Å²) < 4.78 is 27.9. The van der Waals surface area contributed by atoms with E-state index in [1.807, 2.05) is 37.3 Å². The second-order valence-corrected chi connectivity index (χ2v) is 8.73. The number of benzene rings is 2. The molecule has 0 spiro atoms. The molecular weight excluding hydrogens is 424 g/mol. The highest BCUT2D eigenvalue weighted by atomic mass is 79.9. The summed E-state index contributed by atoms with van der Waals surface area (Å²) in [5.74, 6) is 0.789. The van der Waals surface area contributed by atoms with Crippen molar-refractivity contribution in [1.82, 2.24) is 15.2 Å². The summed E-state index contributed by atoms with van der Waals surface area (Å²) >= 11 is 4.71. The normalized spacial score (nSPS) is 11.4. The molecule has 1 heterocycles. The first-order chi connectivity index (χ1) is 11.9. The molecule has 0 atom stereocenters. The van der Waals surface area contributed by atoms with E-state index in [1.54, 1.807) is 18.2 Å². The number of sulfonamides is 1. The fourth-order valence-electron chi connectivity index (χ4n) is 2.08. The molecule has 3 aromatic rings. The lowest BCUT2D eigenvalue weighted by Gasteiger charge is -2.07. The molecule has 0 unspecified atom stereocenters. The fraction of sp³-hybridized carbons (Fsp3) is 0.125. The Bertz CT molecular complexity index is 975. The van der Waals surface area contributed by atoms with Gasteiger partial charge in [-0.2, -0.15) is 4.98 Å². The minimum atomic E-state index is -3.75. The number of aromatic nitrogens is 3. The van der Waals surface area contributed by atoms with E-state index in [1.165, 1.54) is 11.8 Å². The first kappa shape index (κ1) is 18.0. The monoisotopic (exact) mass is 438 g/mol. The molecule has 1 aromatic heterocycles. The molecule has 25 heavy (non-hydrogen) atoms. The summed E-state index contributed by atoms with van der Waals surface area (Å²) in [6, 6.07) is 14.9. The minimum Gasteiger partial charge on any atom is -0.248 e. The zero-order valence-electron chi connectivity index (χ0n) is 13.2. The van der Waals surface area contributed by atoms with Crippen LogP contribution in [-0.2, 0) is 15.8 Å². The second kappa shape index (κ2) is 7.59. The number of thioether (sulfide) groups is 1. The van der Waals surface area contributed by atoms with Crippen LogP contribution in [0.25, 0.3) is 0 Å². The molecule has 0 radical (unpaired) electrons. The molecule has 0 saturated carbocycles. The zero-order valence-corrected chi connectivity index (χ0v) is 16.5. The number of halogens is 1. The Hall–Kier alpha value is -1.84. The predicted octanol–water partition coefficient (Wildman–Crippen LogP) is 3.97. The van der Waals surface area contributed by atoms with Crippen LogP contribution >= 0.6 is 27.7 Å². The summed E-state index contributed by atoms with van der Waals surface area (Å²) in [5.41, 5.74) is 2.10. The highest BCUT2D eigenvalue weighted by Crippen LogP contribution is 2.25. The molecule has 6 nitrogen and oxygen atoms in total. The average molecular weight is 439 g/mol. The number of hydrogen-bond donors (Lipinski definition) is 2. The average Bonchev–Trinajstić information content (AvgIpc) is 3.00. The number of hydrogen-bond acceptors (Lipinski definition) is 5. The van der Waals surface area contributed by atoms with E-state index in [2.05, 4.69) is 35.8 Å². The second-order valence-electron chi connectivity index (χ2n) is 5.28. The van der Waals surface area contributed by atoms with Crippen molar-refractivity contribution in [3.05, 3.63) is 64.1 Å². The van der Waals surface area contributed by atoms with Gasteiger partial charge in [0.05, 0.1) is 0 Å². The molecule has 0 aliphatic rings. The Morgan fingerprint density at radius 2 is 1.96 bits per heavy atom. The SMILES string of the molecule is Cc1ccc(S(=O)(=O)Nc2nc(SCc3ccccc3)n[nH]2)c(Br)c1. The van der Waals surface area contributed by atoms with E-state index in [0.717, 1.165) is 11.1 Å². The Kier molecular flexibility index (Phi) is 5.45. The molecule has 2 aromatic carbocycles. The summed E-state index contributed by atoms with van der Waals surface area (Å²) in [7, 11) is -3.75. The minimum absolute atomic E-state index is 0.0861. The molecule has 9 heteroatoms. The van der Waals surface area contributed by atoms with Crippen molar-refractivity contribution in [1.29, 1.82) is 0 Å². The van der Waals surface area contributed by atoms with Gasteiger partial charge in [0, 0.05) is 10.2 Å². The van der Waals surface area contributed by atoms with Gasteiger partial charge in [-0.3, -0.25) is 0 Å². The van der Waals surface area contributed by atoms with Gasteiger partial charge in [-0.1, -0.05) is 48.2 Å². The van der Waals surface area contributed by atoms with Crippen molar-refractivity contribution in [2.24, 2.45) is 0 Å². The molecule has 2 N–H and O–H groups in total. The molecule has 0 aliphatic carbocycles. The lowest BCUT2D eigenvalue weighted by atomic mass is 10.2. The van der Waals surface area contributed by atoms with Crippen LogP contribution in [0.1, 0.15) is 11.1 Å². The molecule has 0 aliphatic heterocycles. The molecule has 0 saturated heterocycles. The van der Waals surface area contributed by atoms with E-state index in [-0.39, 0.29) is 10.8 Å². The van der Waals surface area contributed by atoms with Crippen LogP contribution in [0, 0.1) is 6.92 Å². The molecule has 0 fully saturated rings. The number of rotatable bonds is 6. The van der Waals surface area contributed by atoms with Gasteiger partial charge in [0.15, 0.2) is 0 Å². The van der Waals surface area contributed by atoms with Crippen LogP contribution in [0.4, 0.5) is 5.95 Å². The first-order valence-corrected chi connectivity index (χ1v) is 10.6. The van der Waals surface area contributed by atoms with Gasteiger partial charge < -0.3 is 0 Å². The molecule has 0 bridgehead atoms. The van der Waals surface area contributed by atoms with E-state index in [0.29, 0.717) is 15.4 Å². The van der Waals surface area contributed by atoms with Gasteiger partial charge >= 0.3 is 0 Å². The third-order valence-electron chi connectivity index (χ3n) is 3.28. The van der Waals surface area contributed by atoms with Crippen LogP contribution in [0.2, 0.25) is 0 Å².